The molecule has 0 amide bonds. The minimum absolute atomic E-state index is 0.0235. The molecule has 0 fully saturated rings. The fourth-order valence-electron chi connectivity index (χ4n) is 3.76. The molecule has 31 heavy (non-hydrogen) atoms. The second-order valence-corrected chi connectivity index (χ2v) is 9.35. The zero-order chi connectivity index (χ0) is 23.1. The van der Waals surface area contributed by atoms with Gasteiger partial charge in [-0.2, -0.15) is 12.8 Å². The molecule has 0 N–H and O–H groups in total. The van der Waals surface area contributed by atoms with Crippen molar-refractivity contribution in [2.24, 2.45) is 10.3 Å². The molecule has 7 heteroatoms. The van der Waals surface area contributed by atoms with E-state index in [0.717, 1.165) is 11.1 Å². The van der Waals surface area contributed by atoms with Crippen molar-refractivity contribution >= 4 is 33.1 Å². The van der Waals surface area contributed by atoms with Gasteiger partial charge in [-0.3, -0.25) is 14.4 Å². The van der Waals surface area contributed by atoms with E-state index in [1.54, 1.807) is 37.3 Å². The first-order chi connectivity index (χ1) is 14.4. The van der Waals surface area contributed by atoms with Crippen LogP contribution >= 0.6 is 0 Å². The van der Waals surface area contributed by atoms with Crippen LogP contribution in [0, 0.1) is 26.7 Å². The van der Waals surface area contributed by atoms with Gasteiger partial charge in [0.05, 0.1) is 10.6 Å². The fourth-order valence-corrected chi connectivity index (χ4v) is 5.06. The van der Waals surface area contributed by atoms with E-state index in [4.69, 9.17) is 0 Å². The minimum atomic E-state index is -4.12. The third kappa shape index (κ3) is 4.18. The van der Waals surface area contributed by atoms with Gasteiger partial charge in [-0.1, -0.05) is 30.3 Å². The lowest BCUT2D eigenvalue weighted by atomic mass is 9.80. The summed E-state index contributed by atoms with van der Waals surface area (Å²) in [5.41, 5.74) is 2.84. The van der Waals surface area contributed by atoms with Crippen LogP contribution in [-0.2, 0) is 19.6 Å². The van der Waals surface area contributed by atoms with Gasteiger partial charge in [-0.15, -0.1) is 0 Å². The van der Waals surface area contributed by atoms with Crippen molar-refractivity contribution in [1.82, 2.24) is 0 Å². The molecule has 0 bridgehead atoms. The Kier molecular flexibility index (Phi) is 5.91. The Labute approximate surface area is 181 Å². The number of ketones is 3. The molecule has 0 atom stereocenters. The predicted molar refractivity (Wildman–Crippen MR) is 118 cm³/mol. The van der Waals surface area contributed by atoms with Crippen LogP contribution in [0.25, 0.3) is 0 Å². The Hall–Kier alpha value is -3.19. The molecule has 0 saturated heterocycles. The average Bonchev–Trinajstić information content (AvgIpc) is 2.67. The molecule has 160 valence electrons. The molecule has 1 aliphatic rings. The molecule has 0 spiro atoms. The van der Waals surface area contributed by atoms with Crippen LogP contribution in [0.3, 0.4) is 0 Å². The van der Waals surface area contributed by atoms with Crippen LogP contribution in [0.15, 0.2) is 57.3 Å². The van der Waals surface area contributed by atoms with E-state index in [1.165, 1.54) is 26.0 Å². The monoisotopic (exact) mass is 437 g/mol. The van der Waals surface area contributed by atoms with E-state index in [1.807, 2.05) is 13.8 Å². The largest absolute Gasteiger partial charge is 0.299 e. The van der Waals surface area contributed by atoms with E-state index in [0.29, 0.717) is 11.1 Å². The van der Waals surface area contributed by atoms with Crippen LogP contribution in [0.5, 0.6) is 0 Å². The first-order valence-electron chi connectivity index (χ1n) is 9.73. The van der Waals surface area contributed by atoms with Crippen LogP contribution in [0.1, 0.15) is 46.5 Å². The lowest BCUT2D eigenvalue weighted by Gasteiger charge is -2.21. The Balaban J connectivity index is 2.27. The highest BCUT2D eigenvalue weighted by molar-refractivity contribution is 7.90. The van der Waals surface area contributed by atoms with Gasteiger partial charge in [0.15, 0.2) is 5.78 Å². The molecular formula is C24H23NO5S. The summed E-state index contributed by atoms with van der Waals surface area (Å²) in [5, 5.41) is 0. The molecule has 0 radical (unpaired) electrons. The quantitative estimate of drug-likeness (QED) is 0.664. The maximum atomic E-state index is 13.2. The molecule has 6 nitrogen and oxygen atoms in total. The van der Waals surface area contributed by atoms with Gasteiger partial charge in [0, 0.05) is 16.7 Å². The van der Waals surface area contributed by atoms with Gasteiger partial charge >= 0.3 is 0 Å². The number of carbonyl (C=O) groups is 3. The second-order valence-electron chi connectivity index (χ2n) is 7.78. The standard InChI is InChI=1S/C24H23NO5S/c1-13-10-15(3)22(11-14(13)2)31(29,30)25-21-12-20(23(16(4)26)17(5)27)24(28)19-9-7-6-8-18(19)21/h6-12,23H,1-5H3. The number of benzene rings is 2. The van der Waals surface area contributed by atoms with Crippen molar-refractivity contribution in [2.45, 2.75) is 39.5 Å². The Bertz CT molecular complexity index is 1290. The normalized spacial score (nSPS) is 15.1. The zero-order valence-electron chi connectivity index (χ0n) is 18.0. The molecule has 0 unspecified atom stereocenters. The molecule has 1 aliphatic carbocycles. The van der Waals surface area contributed by atoms with E-state index in [2.05, 4.69) is 4.40 Å². The number of fused-ring (bicyclic) bond motifs is 1. The number of allylic oxidation sites excluding steroid dienone is 2. The highest BCUT2D eigenvalue weighted by Gasteiger charge is 2.34. The molecule has 0 aromatic heterocycles. The van der Waals surface area contributed by atoms with Gasteiger partial charge in [0.25, 0.3) is 10.0 Å². The van der Waals surface area contributed by atoms with Crippen LogP contribution in [-0.4, -0.2) is 31.5 Å². The van der Waals surface area contributed by atoms with Crippen molar-refractivity contribution in [2.75, 3.05) is 0 Å². The SMILES string of the molecule is CC(=O)C(C(C)=O)C1=CC(=NS(=O)(=O)c2cc(C)c(C)cc2C)c2ccccc2C1=O. The summed E-state index contributed by atoms with van der Waals surface area (Å²) in [4.78, 5) is 37.3. The lowest BCUT2D eigenvalue weighted by Crippen LogP contribution is -2.30. The molecule has 0 saturated carbocycles. The third-order valence-corrected chi connectivity index (χ3v) is 6.85. The number of rotatable bonds is 5. The first-order valence-corrected chi connectivity index (χ1v) is 11.2. The minimum Gasteiger partial charge on any atom is -0.299 e. The Morgan fingerprint density at radius 2 is 1.42 bits per heavy atom. The molecule has 2 aromatic carbocycles. The third-order valence-electron chi connectivity index (χ3n) is 5.41. The molecule has 0 heterocycles. The van der Waals surface area contributed by atoms with Gasteiger partial charge < -0.3 is 0 Å². The van der Waals surface area contributed by atoms with Crippen LogP contribution < -0.4 is 0 Å². The molecule has 0 aliphatic heterocycles. The number of hydrogen-bond acceptors (Lipinski definition) is 5. The maximum Gasteiger partial charge on any atom is 0.283 e. The Morgan fingerprint density at radius 1 is 0.871 bits per heavy atom. The topological polar surface area (TPSA) is 97.7 Å². The Morgan fingerprint density at radius 3 is 2.00 bits per heavy atom. The summed E-state index contributed by atoms with van der Waals surface area (Å²) in [5.74, 6) is -2.72. The first kappa shape index (κ1) is 22.5. The highest BCUT2D eigenvalue weighted by Crippen LogP contribution is 2.29. The zero-order valence-corrected chi connectivity index (χ0v) is 18.8. The van der Waals surface area contributed by atoms with Gasteiger partial charge in [-0.05, 0) is 63.5 Å². The predicted octanol–water partition coefficient (Wildman–Crippen LogP) is 3.71. The van der Waals surface area contributed by atoms with E-state index in [9.17, 15) is 22.8 Å². The van der Waals surface area contributed by atoms with Crippen molar-refractivity contribution in [3.8, 4) is 0 Å². The number of aryl methyl sites for hydroxylation is 3. The smallest absolute Gasteiger partial charge is 0.283 e. The number of carbonyl (C=O) groups excluding carboxylic acids is 3. The second kappa shape index (κ2) is 8.15. The fraction of sp³-hybridized carbons (Fsp3) is 0.250. The van der Waals surface area contributed by atoms with Crippen molar-refractivity contribution in [3.05, 3.63) is 75.9 Å². The highest BCUT2D eigenvalue weighted by atomic mass is 32.2. The number of sulfonamides is 1. The summed E-state index contributed by atoms with van der Waals surface area (Å²) in [6.07, 6.45) is 1.26. The van der Waals surface area contributed by atoms with E-state index >= 15 is 0 Å². The van der Waals surface area contributed by atoms with Crippen molar-refractivity contribution < 1.29 is 22.8 Å². The summed E-state index contributed by atoms with van der Waals surface area (Å²) < 4.78 is 30.4. The van der Waals surface area contributed by atoms with Crippen LogP contribution in [0.2, 0.25) is 0 Å². The number of hydrogen-bond donors (Lipinski definition) is 0. The van der Waals surface area contributed by atoms with E-state index in [-0.39, 0.29) is 21.7 Å². The summed E-state index contributed by atoms with van der Waals surface area (Å²) in [7, 11) is -4.12. The maximum absolute atomic E-state index is 13.2. The molecule has 2 aromatic rings. The molecular weight excluding hydrogens is 414 g/mol. The number of Topliss-reactive ketones (excluding diaryl/α,β-unsaturated/α-hetero) is 3. The van der Waals surface area contributed by atoms with Crippen LogP contribution in [0.4, 0.5) is 0 Å². The lowest BCUT2D eigenvalue weighted by molar-refractivity contribution is -0.128. The summed E-state index contributed by atoms with van der Waals surface area (Å²) in [6.45, 7) is 7.87. The van der Waals surface area contributed by atoms with Gasteiger partial charge in [0.2, 0.25) is 0 Å². The van der Waals surface area contributed by atoms with Crippen molar-refractivity contribution in [1.29, 1.82) is 0 Å². The van der Waals surface area contributed by atoms with E-state index < -0.39 is 33.3 Å². The van der Waals surface area contributed by atoms with Crippen molar-refractivity contribution in [3.63, 3.8) is 0 Å². The van der Waals surface area contributed by atoms with Gasteiger partial charge in [0.1, 0.15) is 17.5 Å². The number of nitrogens with zero attached hydrogens (tertiary/aromatic N) is 1. The average molecular weight is 438 g/mol. The summed E-state index contributed by atoms with van der Waals surface area (Å²) in [6, 6.07) is 9.79. The summed E-state index contributed by atoms with van der Waals surface area (Å²) >= 11 is 0. The van der Waals surface area contributed by atoms with Gasteiger partial charge in [-0.25, -0.2) is 0 Å². The molecule has 3 rings (SSSR count).